The van der Waals surface area contributed by atoms with E-state index in [-0.39, 0.29) is 24.7 Å². The van der Waals surface area contributed by atoms with Crippen molar-refractivity contribution >= 4 is 15.9 Å². The molecule has 138 valence electrons. The van der Waals surface area contributed by atoms with Crippen molar-refractivity contribution in [2.75, 3.05) is 25.4 Å². The van der Waals surface area contributed by atoms with Gasteiger partial charge >= 0.3 is 0 Å². The van der Waals surface area contributed by atoms with E-state index in [1.54, 1.807) is 53.6 Å². The first-order valence-corrected chi connectivity index (χ1v) is 10.0. The van der Waals surface area contributed by atoms with Crippen LogP contribution in [0.1, 0.15) is 16.1 Å². The number of amides is 1. The molecule has 0 bridgehead atoms. The smallest absolute Gasteiger partial charge is 0.254 e. The average Bonchev–Trinajstić information content (AvgIpc) is 2.67. The monoisotopic (exact) mass is 375 g/mol. The number of ether oxygens (including phenoxy) is 1. The summed E-state index contributed by atoms with van der Waals surface area (Å²) >= 11 is 0. The number of benzene rings is 1. The molecule has 1 saturated heterocycles. The zero-order chi connectivity index (χ0) is 18.4. The van der Waals surface area contributed by atoms with Crippen molar-refractivity contribution in [3.8, 4) is 0 Å². The molecule has 1 atom stereocenters. The van der Waals surface area contributed by atoms with Gasteiger partial charge in [0, 0.05) is 24.8 Å². The molecule has 1 aliphatic rings. The van der Waals surface area contributed by atoms with Crippen LogP contribution >= 0.6 is 0 Å². The van der Waals surface area contributed by atoms with Crippen molar-refractivity contribution in [2.24, 2.45) is 0 Å². The van der Waals surface area contributed by atoms with E-state index in [1.807, 2.05) is 6.07 Å². The van der Waals surface area contributed by atoms with Gasteiger partial charge in [-0.25, -0.2) is 13.1 Å². The highest BCUT2D eigenvalue weighted by Gasteiger charge is 2.28. The molecule has 26 heavy (non-hydrogen) atoms. The van der Waals surface area contributed by atoms with E-state index in [0.29, 0.717) is 24.4 Å². The summed E-state index contributed by atoms with van der Waals surface area (Å²) in [6.07, 6.45) is 1.05. The van der Waals surface area contributed by atoms with Crippen LogP contribution in [0.5, 0.6) is 0 Å². The molecule has 1 fully saturated rings. The van der Waals surface area contributed by atoms with E-state index in [9.17, 15) is 13.2 Å². The van der Waals surface area contributed by atoms with Crippen LogP contribution in [0, 0.1) is 0 Å². The van der Waals surface area contributed by atoms with Gasteiger partial charge in [-0.3, -0.25) is 9.78 Å². The van der Waals surface area contributed by atoms with E-state index in [0.717, 1.165) is 0 Å². The fraction of sp³-hybridized carbons (Fsp3) is 0.333. The topological polar surface area (TPSA) is 88.6 Å². The Morgan fingerprint density at radius 2 is 1.96 bits per heavy atom. The van der Waals surface area contributed by atoms with E-state index in [2.05, 4.69) is 9.71 Å². The number of aromatic nitrogens is 1. The molecule has 3 rings (SSSR count). The number of pyridine rings is 1. The number of hydrogen-bond acceptors (Lipinski definition) is 5. The molecule has 1 aromatic heterocycles. The van der Waals surface area contributed by atoms with Gasteiger partial charge in [0.15, 0.2) is 0 Å². The molecular formula is C18H21N3O4S. The van der Waals surface area contributed by atoms with E-state index < -0.39 is 16.1 Å². The molecule has 7 nitrogen and oxygen atoms in total. The minimum atomic E-state index is -3.55. The normalized spacial score (nSPS) is 17.8. The number of morpholine rings is 1. The van der Waals surface area contributed by atoms with Crippen LogP contribution in [0.3, 0.4) is 0 Å². The molecule has 2 heterocycles. The summed E-state index contributed by atoms with van der Waals surface area (Å²) in [6, 6.07) is 14.3. The predicted octanol–water partition coefficient (Wildman–Crippen LogP) is 1.04. The summed E-state index contributed by atoms with van der Waals surface area (Å²) in [4.78, 5) is 18.2. The SMILES string of the molecule is O=C(c1ccccc1)N1CCO[C@H](CS(=O)(=O)NCc2ccccn2)C1. The average molecular weight is 375 g/mol. The Morgan fingerprint density at radius 1 is 1.19 bits per heavy atom. The molecule has 1 amide bonds. The summed E-state index contributed by atoms with van der Waals surface area (Å²) in [5.74, 6) is -0.309. The molecule has 0 unspecified atom stereocenters. The van der Waals surface area contributed by atoms with Gasteiger partial charge in [0.2, 0.25) is 10.0 Å². The van der Waals surface area contributed by atoms with Crippen LogP contribution in [0.25, 0.3) is 0 Å². The molecular weight excluding hydrogens is 354 g/mol. The fourth-order valence-corrected chi connectivity index (χ4v) is 3.93. The van der Waals surface area contributed by atoms with Gasteiger partial charge in [0.05, 0.1) is 30.7 Å². The lowest BCUT2D eigenvalue weighted by atomic mass is 10.2. The maximum Gasteiger partial charge on any atom is 0.254 e. The first-order chi connectivity index (χ1) is 12.5. The third kappa shape index (κ3) is 5.10. The molecule has 0 saturated carbocycles. The summed E-state index contributed by atoms with van der Waals surface area (Å²) in [6.45, 7) is 1.14. The lowest BCUT2D eigenvalue weighted by Gasteiger charge is -2.32. The Morgan fingerprint density at radius 3 is 2.69 bits per heavy atom. The molecule has 1 aromatic carbocycles. The number of carbonyl (C=O) groups is 1. The molecule has 1 aliphatic heterocycles. The van der Waals surface area contributed by atoms with Crippen molar-refractivity contribution in [3.05, 3.63) is 66.0 Å². The number of rotatable bonds is 6. The largest absolute Gasteiger partial charge is 0.373 e. The number of hydrogen-bond donors (Lipinski definition) is 1. The maximum atomic E-state index is 12.5. The predicted molar refractivity (Wildman–Crippen MR) is 96.9 cm³/mol. The lowest BCUT2D eigenvalue weighted by Crippen LogP contribution is -2.49. The first-order valence-electron chi connectivity index (χ1n) is 8.37. The highest BCUT2D eigenvalue weighted by atomic mass is 32.2. The van der Waals surface area contributed by atoms with Gasteiger partial charge in [0.1, 0.15) is 0 Å². The Bertz CT molecular complexity index is 828. The zero-order valence-electron chi connectivity index (χ0n) is 14.2. The van der Waals surface area contributed by atoms with Crippen molar-refractivity contribution in [1.82, 2.24) is 14.6 Å². The zero-order valence-corrected chi connectivity index (χ0v) is 15.1. The number of nitrogens with one attached hydrogen (secondary N) is 1. The standard InChI is InChI=1S/C18H21N3O4S/c22-18(15-6-2-1-3-7-15)21-10-11-25-17(13-21)14-26(23,24)20-12-16-8-4-5-9-19-16/h1-9,17,20H,10-14H2/t17-/m0/s1. The molecule has 0 radical (unpaired) electrons. The van der Waals surface area contributed by atoms with Crippen LogP contribution < -0.4 is 4.72 Å². The molecule has 0 spiro atoms. The van der Waals surface area contributed by atoms with Crippen LogP contribution in [0.4, 0.5) is 0 Å². The molecule has 8 heteroatoms. The third-order valence-corrected chi connectivity index (χ3v) is 5.45. The Labute approximate surface area is 153 Å². The summed E-state index contributed by atoms with van der Waals surface area (Å²) in [7, 11) is -3.55. The van der Waals surface area contributed by atoms with Crippen LogP contribution in [0.2, 0.25) is 0 Å². The van der Waals surface area contributed by atoms with E-state index in [1.165, 1.54) is 0 Å². The van der Waals surface area contributed by atoms with Crippen LogP contribution in [0.15, 0.2) is 54.7 Å². The molecule has 0 aliphatic carbocycles. The van der Waals surface area contributed by atoms with Gasteiger partial charge in [-0.2, -0.15) is 0 Å². The van der Waals surface area contributed by atoms with Crippen molar-refractivity contribution < 1.29 is 17.9 Å². The Balaban J connectivity index is 1.56. The second-order valence-electron chi connectivity index (χ2n) is 6.03. The number of sulfonamides is 1. The van der Waals surface area contributed by atoms with Gasteiger partial charge in [-0.05, 0) is 24.3 Å². The second-order valence-corrected chi connectivity index (χ2v) is 7.89. The van der Waals surface area contributed by atoms with Crippen molar-refractivity contribution in [3.63, 3.8) is 0 Å². The second kappa shape index (κ2) is 8.39. The summed E-state index contributed by atoms with van der Waals surface area (Å²) in [5, 5.41) is 0. The Hall–Kier alpha value is -2.29. The van der Waals surface area contributed by atoms with Crippen molar-refractivity contribution in [1.29, 1.82) is 0 Å². The quantitative estimate of drug-likeness (QED) is 0.815. The minimum Gasteiger partial charge on any atom is -0.373 e. The first kappa shape index (κ1) is 18.5. The summed E-state index contributed by atoms with van der Waals surface area (Å²) in [5.41, 5.74) is 1.23. The highest BCUT2D eigenvalue weighted by molar-refractivity contribution is 7.89. The van der Waals surface area contributed by atoms with Gasteiger partial charge < -0.3 is 9.64 Å². The number of nitrogens with zero attached hydrogens (tertiary/aromatic N) is 2. The van der Waals surface area contributed by atoms with Gasteiger partial charge in [-0.15, -0.1) is 0 Å². The highest BCUT2D eigenvalue weighted by Crippen LogP contribution is 2.12. The van der Waals surface area contributed by atoms with Crippen LogP contribution in [-0.2, 0) is 21.3 Å². The lowest BCUT2D eigenvalue weighted by molar-refractivity contribution is -0.0110. The van der Waals surface area contributed by atoms with E-state index >= 15 is 0 Å². The third-order valence-electron chi connectivity index (χ3n) is 4.05. The Kier molecular flexibility index (Phi) is 5.97. The molecule has 2 aromatic rings. The van der Waals surface area contributed by atoms with Gasteiger partial charge in [0.25, 0.3) is 5.91 Å². The van der Waals surface area contributed by atoms with Gasteiger partial charge in [-0.1, -0.05) is 24.3 Å². The maximum absolute atomic E-state index is 12.5. The molecule has 1 N–H and O–H groups in total. The van der Waals surface area contributed by atoms with Crippen molar-refractivity contribution in [2.45, 2.75) is 12.6 Å². The number of carbonyl (C=O) groups excluding carboxylic acids is 1. The van der Waals surface area contributed by atoms with E-state index in [4.69, 9.17) is 4.74 Å². The minimum absolute atomic E-state index is 0.113. The van der Waals surface area contributed by atoms with Crippen LogP contribution in [-0.4, -0.2) is 55.8 Å². The fourth-order valence-electron chi connectivity index (χ4n) is 2.76. The summed E-state index contributed by atoms with van der Waals surface area (Å²) < 4.78 is 32.7.